The summed E-state index contributed by atoms with van der Waals surface area (Å²) in [5, 5.41) is 0. The Morgan fingerprint density at radius 1 is 0.941 bits per heavy atom. The van der Waals surface area contributed by atoms with Crippen LogP contribution in [-0.4, -0.2) is 29.5 Å². The Morgan fingerprint density at radius 2 is 1.47 bits per heavy atom. The Balaban J connectivity index is 1.93. The SMILES string of the molecule is CC(=O)N1C[C@@H](C(C)(C)OC(C)c2cc(C(F)(F)F)cc(C(F)(F)F)c2)[C@H](c2ccccc2)C1. The van der Waals surface area contributed by atoms with Gasteiger partial charge in [0, 0.05) is 31.8 Å². The molecule has 1 unspecified atom stereocenters. The van der Waals surface area contributed by atoms with Crippen LogP contribution in [-0.2, 0) is 21.9 Å². The Hall–Kier alpha value is -2.55. The first-order chi connectivity index (χ1) is 15.6. The van der Waals surface area contributed by atoms with E-state index >= 15 is 0 Å². The van der Waals surface area contributed by atoms with Crippen molar-refractivity contribution in [2.45, 2.75) is 57.7 Å². The standard InChI is InChI=1S/C25H27F6NO2/c1-15(18-10-19(24(26,27)28)12-20(11-18)25(29,30)31)34-23(3,4)22-14-32(16(2)33)13-21(22)17-8-6-5-7-9-17/h5-12,15,21-22H,13-14H2,1-4H3/t15?,21-,22+/m0/s1. The lowest BCUT2D eigenvalue weighted by Crippen LogP contribution is -2.40. The van der Waals surface area contributed by atoms with Gasteiger partial charge in [-0.15, -0.1) is 0 Å². The molecule has 1 saturated heterocycles. The third-order valence-corrected chi connectivity index (χ3v) is 6.45. The lowest BCUT2D eigenvalue weighted by molar-refractivity contribution is -0.143. The van der Waals surface area contributed by atoms with Gasteiger partial charge in [0.2, 0.25) is 5.91 Å². The average Bonchev–Trinajstić information content (AvgIpc) is 3.19. The van der Waals surface area contributed by atoms with Crippen LogP contribution in [0.1, 0.15) is 62.0 Å². The number of amides is 1. The third-order valence-electron chi connectivity index (χ3n) is 6.45. The highest BCUT2D eigenvalue weighted by atomic mass is 19.4. The zero-order valence-electron chi connectivity index (χ0n) is 19.3. The second kappa shape index (κ2) is 9.24. The molecule has 1 aliphatic heterocycles. The minimum atomic E-state index is -4.93. The molecule has 1 aliphatic rings. The summed E-state index contributed by atoms with van der Waals surface area (Å²) in [6.45, 7) is 7.23. The first-order valence-corrected chi connectivity index (χ1v) is 10.9. The van der Waals surface area contributed by atoms with Gasteiger partial charge in [-0.2, -0.15) is 26.3 Å². The molecule has 9 heteroatoms. The average molecular weight is 487 g/mol. The number of carbonyl (C=O) groups excluding carboxylic acids is 1. The summed E-state index contributed by atoms with van der Waals surface area (Å²) in [5.74, 6) is -0.436. The van der Waals surface area contributed by atoms with Crippen molar-refractivity contribution in [2.75, 3.05) is 13.1 Å². The summed E-state index contributed by atoms with van der Waals surface area (Å²) in [4.78, 5) is 13.8. The summed E-state index contributed by atoms with van der Waals surface area (Å²) >= 11 is 0. The van der Waals surface area contributed by atoms with Crippen LogP contribution in [0.2, 0.25) is 0 Å². The Bertz CT molecular complexity index is 984. The van der Waals surface area contributed by atoms with Gasteiger partial charge in [0.15, 0.2) is 0 Å². The zero-order valence-corrected chi connectivity index (χ0v) is 19.3. The molecule has 0 radical (unpaired) electrons. The number of hydrogen-bond donors (Lipinski definition) is 0. The fourth-order valence-corrected chi connectivity index (χ4v) is 4.63. The Labute approximate surface area is 194 Å². The van der Waals surface area contributed by atoms with Crippen LogP contribution in [0.5, 0.6) is 0 Å². The first kappa shape index (κ1) is 26.1. The maximum Gasteiger partial charge on any atom is 0.416 e. The fraction of sp³-hybridized carbons (Fsp3) is 0.480. The van der Waals surface area contributed by atoms with Gasteiger partial charge in [0.1, 0.15) is 0 Å². The molecular formula is C25H27F6NO2. The molecule has 0 saturated carbocycles. The van der Waals surface area contributed by atoms with Gasteiger partial charge in [0.05, 0.1) is 22.8 Å². The van der Waals surface area contributed by atoms with Crippen molar-refractivity contribution in [3.8, 4) is 0 Å². The van der Waals surface area contributed by atoms with Crippen molar-refractivity contribution in [3.05, 3.63) is 70.8 Å². The van der Waals surface area contributed by atoms with Crippen molar-refractivity contribution in [1.29, 1.82) is 0 Å². The number of ether oxygens (including phenoxy) is 1. The monoisotopic (exact) mass is 487 g/mol. The van der Waals surface area contributed by atoms with E-state index in [0.29, 0.717) is 25.2 Å². The minimum absolute atomic E-state index is 0.0976. The van der Waals surface area contributed by atoms with E-state index in [1.54, 1.807) is 18.7 Å². The van der Waals surface area contributed by atoms with Crippen molar-refractivity contribution in [2.24, 2.45) is 5.92 Å². The molecule has 0 aliphatic carbocycles. The maximum atomic E-state index is 13.3. The molecule has 1 amide bonds. The van der Waals surface area contributed by atoms with E-state index in [1.165, 1.54) is 13.8 Å². The number of likely N-dealkylation sites (tertiary alicyclic amines) is 1. The number of benzene rings is 2. The van der Waals surface area contributed by atoms with Gasteiger partial charge < -0.3 is 9.64 Å². The maximum absolute atomic E-state index is 13.3. The predicted octanol–water partition coefficient (Wildman–Crippen LogP) is 6.84. The lowest BCUT2D eigenvalue weighted by atomic mass is 9.78. The molecule has 2 aromatic rings. The highest BCUT2D eigenvalue weighted by molar-refractivity contribution is 5.73. The molecule has 3 rings (SSSR count). The molecule has 0 N–H and O–H groups in total. The molecule has 1 heterocycles. The van der Waals surface area contributed by atoms with Gasteiger partial charge in [-0.3, -0.25) is 4.79 Å². The van der Waals surface area contributed by atoms with E-state index in [-0.39, 0.29) is 29.4 Å². The molecule has 1 fully saturated rings. The van der Waals surface area contributed by atoms with Gasteiger partial charge in [-0.1, -0.05) is 30.3 Å². The van der Waals surface area contributed by atoms with E-state index in [1.807, 2.05) is 30.3 Å². The molecule has 186 valence electrons. The summed E-state index contributed by atoms with van der Waals surface area (Å²) in [6, 6.07) is 11.0. The normalized spacial score (nSPS) is 20.5. The highest BCUT2D eigenvalue weighted by Crippen LogP contribution is 2.44. The zero-order chi connectivity index (χ0) is 25.5. The fourth-order valence-electron chi connectivity index (χ4n) is 4.63. The molecule has 2 aromatic carbocycles. The quantitative estimate of drug-likeness (QED) is 0.432. The third kappa shape index (κ3) is 5.74. The largest absolute Gasteiger partial charge is 0.416 e. The van der Waals surface area contributed by atoms with Crippen LogP contribution in [0.25, 0.3) is 0 Å². The highest BCUT2D eigenvalue weighted by Gasteiger charge is 2.45. The van der Waals surface area contributed by atoms with Crippen LogP contribution < -0.4 is 0 Å². The summed E-state index contributed by atoms with van der Waals surface area (Å²) in [7, 11) is 0. The van der Waals surface area contributed by atoms with Gasteiger partial charge in [-0.05, 0) is 50.1 Å². The number of carbonyl (C=O) groups is 1. The van der Waals surface area contributed by atoms with E-state index in [0.717, 1.165) is 5.56 Å². The predicted molar refractivity (Wildman–Crippen MR) is 115 cm³/mol. The molecule has 34 heavy (non-hydrogen) atoms. The van der Waals surface area contributed by atoms with Crippen LogP contribution >= 0.6 is 0 Å². The smallest absolute Gasteiger partial charge is 0.368 e. The summed E-state index contributed by atoms with van der Waals surface area (Å²) in [5.41, 5.74) is -2.95. The van der Waals surface area contributed by atoms with Crippen molar-refractivity contribution in [3.63, 3.8) is 0 Å². The molecular weight excluding hydrogens is 460 g/mol. The number of hydrogen-bond acceptors (Lipinski definition) is 2. The number of nitrogens with zero attached hydrogens (tertiary/aromatic N) is 1. The van der Waals surface area contributed by atoms with Gasteiger partial charge in [-0.25, -0.2) is 0 Å². The second-order valence-electron chi connectivity index (χ2n) is 9.25. The molecule has 0 aromatic heterocycles. The molecule has 3 atom stereocenters. The van der Waals surface area contributed by atoms with Crippen LogP contribution in [0.3, 0.4) is 0 Å². The molecule has 0 spiro atoms. The summed E-state index contributed by atoms with van der Waals surface area (Å²) < 4.78 is 85.9. The lowest BCUT2D eigenvalue weighted by Gasteiger charge is -2.38. The Kier molecular flexibility index (Phi) is 7.09. The number of halogens is 6. The van der Waals surface area contributed by atoms with Crippen LogP contribution in [0, 0.1) is 5.92 Å². The van der Waals surface area contributed by atoms with Crippen molar-refractivity contribution in [1.82, 2.24) is 4.90 Å². The van der Waals surface area contributed by atoms with Gasteiger partial charge >= 0.3 is 12.4 Å². The molecule has 3 nitrogen and oxygen atoms in total. The number of alkyl halides is 6. The topological polar surface area (TPSA) is 29.5 Å². The number of rotatable bonds is 5. The van der Waals surface area contributed by atoms with Crippen LogP contribution in [0.4, 0.5) is 26.3 Å². The first-order valence-electron chi connectivity index (χ1n) is 10.9. The molecule has 0 bridgehead atoms. The van der Waals surface area contributed by atoms with E-state index in [9.17, 15) is 31.1 Å². The van der Waals surface area contributed by atoms with Crippen molar-refractivity contribution >= 4 is 5.91 Å². The minimum Gasteiger partial charge on any atom is -0.368 e. The Morgan fingerprint density at radius 3 is 1.94 bits per heavy atom. The van der Waals surface area contributed by atoms with E-state index in [4.69, 9.17) is 4.74 Å². The van der Waals surface area contributed by atoms with Crippen LogP contribution in [0.15, 0.2) is 48.5 Å². The van der Waals surface area contributed by atoms with Gasteiger partial charge in [0.25, 0.3) is 0 Å². The second-order valence-corrected chi connectivity index (χ2v) is 9.25. The van der Waals surface area contributed by atoms with E-state index < -0.39 is 35.2 Å². The van der Waals surface area contributed by atoms with E-state index in [2.05, 4.69) is 0 Å². The summed E-state index contributed by atoms with van der Waals surface area (Å²) in [6.07, 6.45) is -10.9. The van der Waals surface area contributed by atoms with Crippen molar-refractivity contribution < 1.29 is 35.9 Å².